The molecule has 0 N–H and O–H groups in total. The minimum absolute atomic E-state index is 0.253. The smallest absolute Gasteiger partial charge is 0.150 e. The van der Waals surface area contributed by atoms with E-state index >= 15 is 0 Å². The third-order valence-corrected chi connectivity index (χ3v) is 4.26. The highest BCUT2D eigenvalue weighted by Gasteiger charge is 2.05. The summed E-state index contributed by atoms with van der Waals surface area (Å²) in [5.74, 6) is 0.475. The zero-order valence-corrected chi connectivity index (χ0v) is 16.3. The van der Waals surface area contributed by atoms with Crippen molar-refractivity contribution in [2.24, 2.45) is 5.92 Å². The van der Waals surface area contributed by atoms with Gasteiger partial charge in [-0.15, -0.1) is 0 Å². The number of ether oxygens (including phenoxy) is 1. The summed E-state index contributed by atoms with van der Waals surface area (Å²) in [5.41, 5.74) is 0.560. The van der Waals surface area contributed by atoms with Crippen molar-refractivity contribution in [1.82, 2.24) is 0 Å². The zero-order valence-electron chi connectivity index (χ0n) is 13.2. The average Bonchev–Trinajstić information content (AvgIpc) is 3.03. The highest BCUT2D eigenvalue weighted by molar-refractivity contribution is 9.11. The first-order valence-corrected chi connectivity index (χ1v) is 8.86. The number of benzene rings is 2. The van der Waals surface area contributed by atoms with E-state index in [1.807, 2.05) is 13.8 Å². The predicted molar refractivity (Wildman–Crippen MR) is 98.3 cm³/mol. The number of rotatable bonds is 3. The largest absolute Gasteiger partial charge is 0.492 e. The van der Waals surface area contributed by atoms with Crippen LogP contribution in [0.15, 0.2) is 56.0 Å². The second-order valence-electron chi connectivity index (χ2n) is 5.47. The van der Waals surface area contributed by atoms with Crippen molar-refractivity contribution in [1.29, 1.82) is 0 Å². The van der Waals surface area contributed by atoms with Crippen LogP contribution in [-0.2, 0) is 0 Å². The van der Waals surface area contributed by atoms with E-state index in [-0.39, 0.29) is 11.6 Å². The summed E-state index contributed by atoms with van der Waals surface area (Å²) < 4.78 is 37.7. The van der Waals surface area contributed by atoms with Gasteiger partial charge in [-0.1, -0.05) is 13.8 Å². The third kappa shape index (κ3) is 5.05. The zero-order chi connectivity index (χ0) is 17.7. The van der Waals surface area contributed by atoms with E-state index < -0.39 is 0 Å². The molecule has 24 heavy (non-hydrogen) atoms. The molecule has 3 aromatic rings. The summed E-state index contributed by atoms with van der Waals surface area (Å²) in [6.07, 6.45) is 1.47. The lowest BCUT2D eigenvalue weighted by Crippen LogP contribution is -2.04. The van der Waals surface area contributed by atoms with Crippen LogP contribution in [0.2, 0.25) is 0 Å². The van der Waals surface area contributed by atoms with Gasteiger partial charge in [0.1, 0.15) is 17.4 Å². The van der Waals surface area contributed by atoms with Crippen LogP contribution in [0.25, 0.3) is 11.0 Å². The fourth-order valence-corrected chi connectivity index (χ4v) is 2.64. The maximum atomic E-state index is 12.9. The maximum absolute atomic E-state index is 12.9. The van der Waals surface area contributed by atoms with Crippen LogP contribution in [0.1, 0.15) is 13.8 Å². The average molecular weight is 462 g/mol. The topological polar surface area (TPSA) is 22.4 Å². The Balaban J connectivity index is 0.000000175. The van der Waals surface area contributed by atoms with Crippen LogP contribution in [-0.4, -0.2) is 6.61 Å². The van der Waals surface area contributed by atoms with Crippen LogP contribution < -0.4 is 4.74 Å². The van der Waals surface area contributed by atoms with Gasteiger partial charge < -0.3 is 9.15 Å². The molecule has 0 fully saturated rings. The second-order valence-corrected chi connectivity index (χ2v) is 7.18. The molecular formula is C18H16Br2F2O2. The normalized spacial score (nSPS) is 10.6. The van der Waals surface area contributed by atoms with Gasteiger partial charge in [0.25, 0.3) is 0 Å². The van der Waals surface area contributed by atoms with Crippen molar-refractivity contribution in [2.45, 2.75) is 13.8 Å². The molecule has 0 aliphatic carbocycles. The van der Waals surface area contributed by atoms with Gasteiger partial charge in [0.05, 0.1) is 27.2 Å². The van der Waals surface area contributed by atoms with E-state index in [0.29, 0.717) is 29.2 Å². The standard InChI is InChI=1S/C10H12BrFO.C8H4BrFO/c1-7(2)6-13-10-5-8(12)3-4-9(10)11;9-6-1-2-7(10)5-3-4-11-8(5)6/h3-5,7H,6H2,1-2H3;1-4H. The van der Waals surface area contributed by atoms with Gasteiger partial charge in [-0.3, -0.25) is 0 Å². The Bertz CT molecular complexity index is 780. The summed E-state index contributed by atoms with van der Waals surface area (Å²) in [5, 5.41) is 0.513. The lowest BCUT2D eigenvalue weighted by atomic mass is 10.2. The predicted octanol–water partition coefficient (Wildman–Crippen LogP) is 6.96. The van der Waals surface area contributed by atoms with Gasteiger partial charge in [0, 0.05) is 6.07 Å². The number of halogens is 4. The quantitative estimate of drug-likeness (QED) is 0.420. The molecule has 128 valence electrons. The monoisotopic (exact) mass is 460 g/mol. The molecule has 0 unspecified atom stereocenters. The highest BCUT2D eigenvalue weighted by Crippen LogP contribution is 2.27. The van der Waals surface area contributed by atoms with Crippen LogP contribution in [0.3, 0.4) is 0 Å². The van der Waals surface area contributed by atoms with Gasteiger partial charge in [0.15, 0.2) is 5.58 Å². The van der Waals surface area contributed by atoms with Crippen LogP contribution >= 0.6 is 31.9 Å². The molecule has 0 aliphatic heterocycles. The summed E-state index contributed by atoms with van der Waals surface area (Å²) in [6, 6.07) is 9.06. The molecule has 0 saturated heterocycles. The summed E-state index contributed by atoms with van der Waals surface area (Å²) in [7, 11) is 0. The minimum Gasteiger partial charge on any atom is -0.492 e. The molecule has 2 aromatic carbocycles. The van der Waals surface area contributed by atoms with Crippen molar-refractivity contribution in [3.8, 4) is 5.75 Å². The molecule has 0 radical (unpaired) electrons. The van der Waals surface area contributed by atoms with Gasteiger partial charge >= 0.3 is 0 Å². The molecule has 0 bridgehead atoms. The minimum atomic E-state index is -0.276. The molecule has 0 saturated carbocycles. The molecule has 0 amide bonds. The van der Waals surface area contributed by atoms with Gasteiger partial charge in [-0.05, 0) is 68.1 Å². The summed E-state index contributed by atoms with van der Waals surface area (Å²) >= 11 is 6.54. The van der Waals surface area contributed by atoms with E-state index in [1.165, 1.54) is 24.5 Å². The lowest BCUT2D eigenvalue weighted by Gasteiger charge is -2.09. The third-order valence-electron chi connectivity index (χ3n) is 2.98. The van der Waals surface area contributed by atoms with Crippen molar-refractivity contribution >= 4 is 42.8 Å². The first-order chi connectivity index (χ1) is 11.4. The molecule has 2 nitrogen and oxygen atoms in total. The molecule has 6 heteroatoms. The van der Waals surface area contributed by atoms with E-state index in [1.54, 1.807) is 18.2 Å². The molecule has 0 spiro atoms. The maximum Gasteiger partial charge on any atom is 0.150 e. The van der Waals surface area contributed by atoms with Crippen molar-refractivity contribution in [3.05, 3.63) is 63.2 Å². The fourth-order valence-electron chi connectivity index (χ4n) is 1.84. The molecule has 1 aromatic heterocycles. The number of hydrogen-bond donors (Lipinski definition) is 0. The first-order valence-electron chi connectivity index (χ1n) is 7.27. The highest BCUT2D eigenvalue weighted by atomic mass is 79.9. The number of fused-ring (bicyclic) bond motifs is 1. The molecule has 0 atom stereocenters. The van der Waals surface area contributed by atoms with E-state index in [4.69, 9.17) is 9.15 Å². The van der Waals surface area contributed by atoms with Crippen molar-refractivity contribution in [3.63, 3.8) is 0 Å². The Hall–Kier alpha value is -1.40. The van der Waals surface area contributed by atoms with Gasteiger partial charge in [0.2, 0.25) is 0 Å². The summed E-state index contributed by atoms with van der Waals surface area (Å²) in [6.45, 7) is 4.70. The Morgan fingerprint density at radius 2 is 1.75 bits per heavy atom. The molecule has 0 aliphatic rings. The van der Waals surface area contributed by atoms with E-state index in [0.717, 1.165) is 8.95 Å². The molecule has 1 heterocycles. The van der Waals surface area contributed by atoms with Crippen LogP contribution in [0, 0.1) is 17.6 Å². The SMILES string of the molecule is CC(C)COc1cc(F)ccc1Br.Fc1ccc(Br)c2occc12. The van der Waals surface area contributed by atoms with E-state index in [2.05, 4.69) is 31.9 Å². The van der Waals surface area contributed by atoms with E-state index in [9.17, 15) is 8.78 Å². The Labute approximate surface area is 156 Å². The summed E-state index contributed by atoms with van der Waals surface area (Å²) in [4.78, 5) is 0. The Morgan fingerprint density at radius 3 is 2.42 bits per heavy atom. The Morgan fingerprint density at radius 1 is 1.04 bits per heavy atom. The van der Waals surface area contributed by atoms with Crippen LogP contribution in [0.5, 0.6) is 5.75 Å². The van der Waals surface area contributed by atoms with Crippen LogP contribution in [0.4, 0.5) is 8.78 Å². The molecular weight excluding hydrogens is 446 g/mol. The fraction of sp³-hybridized carbons (Fsp3) is 0.222. The number of furan rings is 1. The Kier molecular flexibility index (Phi) is 6.80. The van der Waals surface area contributed by atoms with Crippen molar-refractivity contribution in [2.75, 3.05) is 6.61 Å². The van der Waals surface area contributed by atoms with Crippen molar-refractivity contribution < 1.29 is 17.9 Å². The molecule has 3 rings (SSSR count). The second kappa shape index (κ2) is 8.62. The lowest BCUT2D eigenvalue weighted by molar-refractivity contribution is 0.268. The van der Waals surface area contributed by atoms with Gasteiger partial charge in [-0.25, -0.2) is 8.78 Å². The number of hydrogen-bond acceptors (Lipinski definition) is 2. The van der Waals surface area contributed by atoms with Gasteiger partial charge in [-0.2, -0.15) is 0 Å². The first kappa shape index (κ1) is 18.9.